The molecule has 0 aromatic carbocycles. The van der Waals surface area contributed by atoms with Crippen molar-refractivity contribution in [1.29, 1.82) is 0 Å². The summed E-state index contributed by atoms with van der Waals surface area (Å²) in [7, 11) is 0. The van der Waals surface area contributed by atoms with E-state index in [0.717, 1.165) is 37.3 Å². The van der Waals surface area contributed by atoms with Gasteiger partial charge in [0.15, 0.2) is 11.5 Å². The molecule has 1 fully saturated rings. The number of carboxylic acids is 1. The van der Waals surface area contributed by atoms with Crippen LogP contribution < -0.4 is 4.90 Å². The van der Waals surface area contributed by atoms with Crippen molar-refractivity contribution in [2.24, 2.45) is 0 Å². The van der Waals surface area contributed by atoms with E-state index in [-0.39, 0.29) is 19.1 Å². The molecule has 8 heteroatoms. The number of imidazole rings is 1. The predicted octanol–water partition coefficient (Wildman–Crippen LogP) is 0.813. The van der Waals surface area contributed by atoms with Crippen LogP contribution in [0.3, 0.4) is 0 Å². The van der Waals surface area contributed by atoms with E-state index >= 15 is 0 Å². The third-order valence-electron chi connectivity index (χ3n) is 3.61. The van der Waals surface area contributed by atoms with E-state index < -0.39 is 5.97 Å². The minimum Gasteiger partial charge on any atom is -0.481 e. The number of rotatable bonds is 5. The number of H-pyrrole nitrogens is 1. The van der Waals surface area contributed by atoms with Crippen molar-refractivity contribution in [1.82, 2.24) is 19.9 Å². The Hall–Kier alpha value is -2.22. The van der Waals surface area contributed by atoms with Crippen LogP contribution in [0.5, 0.6) is 0 Å². The van der Waals surface area contributed by atoms with Gasteiger partial charge in [-0.05, 0) is 12.8 Å². The van der Waals surface area contributed by atoms with Crippen LogP contribution in [-0.4, -0.2) is 56.8 Å². The van der Waals surface area contributed by atoms with Crippen molar-refractivity contribution >= 4 is 23.0 Å². The van der Waals surface area contributed by atoms with Crippen LogP contribution in [0.1, 0.15) is 19.3 Å². The average molecular weight is 291 g/mol. The maximum absolute atomic E-state index is 10.5. The Morgan fingerprint density at radius 1 is 1.38 bits per heavy atom. The molecule has 0 saturated carbocycles. The first-order valence-corrected chi connectivity index (χ1v) is 6.96. The van der Waals surface area contributed by atoms with Crippen molar-refractivity contribution in [2.45, 2.75) is 25.4 Å². The fourth-order valence-electron chi connectivity index (χ4n) is 2.54. The largest absolute Gasteiger partial charge is 0.481 e. The zero-order valence-electron chi connectivity index (χ0n) is 11.5. The highest BCUT2D eigenvalue weighted by atomic mass is 16.5. The molecule has 0 spiro atoms. The van der Waals surface area contributed by atoms with Gasteiger partial charge >= 0.3 is 5.97 Å². The number of fused-ring (bicyclic) bond motifs is 1. The maximum Gasteiger partial charge on any atom is 0.305 e. The Bertz CT molecular complexity index is 621. The number of hydrogen-bond acceptors (Lipinski definition) is 6. The molecule has 2 N–H and O–H groups in total. The van der Waals surface area contributed by atoms with Crippen molar-refractivity contribution in [2.75, 3.05) is 24.6 Å². The second-order valence-electron chi connectivity index (χ2n) is 5.00. The number of nitrogens with zero attached hydrogens (tertiary/aromatic N) is 4. The van der Waals surface area contributed by atoms with Crippen LogP contribution in [0.25, 0.3) is 11.2 Å². The summed E-state index contributed by atoms with van der Waals surface area (Å²) in [5, 5.41) is 8.60. The first-order chi connectivity index (χ1) is 10.2. The third kappa shape index (κ3) is 3.10. The topological polar surface area (TPSA) is 104 Å². The molecule has 0 unspecified atom stereocenters. The van der Waals surface area contributed by atoms with Gasteiger partial charge in [-0.3, -0.25) is 4.79 Å². The number of aliphatic carboxylic acids is 1. The fourth-order valence-corrected chi connectivity index (χ4v) is 2.54. The maximum atomic E-state index is 10.5. The molecule has 1 saturated heterocycles. The molecule has 1 aliphatic heterocycles. The molecule has 3 heterocycles. The summed E-state index contributed by atoms with van der Waals surface area (Å²) in [6.45, 7) is 1.92. The number of aromatic amines is 1. The van der Waals surface area contributed by atoms with Gasteiger partial charge in [0.1, 0.15) is 11.8 Å². The molecule has 0 amide bonds. The summed E-state index contributed by atoms with van der Waals surface area (Å²) in [5.74, 6) is 0.0385. The van der Waals surface area contributed by atoms with Gasteiger partial charge in [-0.15, -0.1) is 0 Å². The van der Waals surface area contributed by atoms with Gasteiger partial charge in [0, 0.05) is 13.1 Å². The van der Waals surface area contributed by atoms with E-state index in [4.69, 9.17) is 9.84 Å². The molecule has 0 radical (unpaired) electrons. The molecule has 0 bridgehead atoms. The Morgan fingerprint density at radius 3 is 2.95 bits per heavy atom. The lowest BCUT2D eigenvalue weighted by atomic mass is 10.1. The van der Waals surface area contributed by atoms with E-state index in [1.54, 1.807) is 6.33 Å². The van der Waals surface area contributed by atoms with Crippen LogP contribution in [0, 0.1) is 0 Å². The number of anilines is 1. The minimum atomic E-state index is -0.824. The lowest BCUT2D eigenvalue weighted by molar-refractivity contribution is -0.138. The normalized spacial score (nSPS) is 16.5. The van der Waals surface area contributed by atoms with Gasteiger partial charge in [0.05, 0.1) is 25.5 Å². The SMILES string of the molecule is O=C(O)CCOC1CCN(c2ncnc3nc[nH]c23)CC1. The Labute approximate surface area is 121 Å². The van der Waals surface area contributed by atoms with E-state index in [1.165, 1.54) is 6.33 Å². The second-order valence-corrected chi connectivity index (χ2v) is 5.00. The quantitative estimate of drug-likeness (QED) is 0.840. The molecule has 2 aromatic rings. The van der Waals surface area contributed by atoms with E-state index in [0.29, 0.717) is 5.65 Å². The summed E-state index contributed by atoms with van der Waals surface area (Å²) >= 11 is 0. The van der Waals surface area contributed by atoms with Crippen molar-refractivity contribution in [3.63, 3.8) is 0 Å². The predicted molar refractivity (Wildman–Crippen MR) is 75.1 cm³/mol. The number of hydrogen-bond donors (Lipinski definition) is 2. The van der Waals surface area contributed by atoms with Crippen LogP contribution in [0.2, 0.25) is 0 Å². The Morgan fingerprint density at radius 2 is 2.19 bits per heavy atom. The Kier molecular flexibility index (Phi) is 3.96. The summed E-state index contributed by atoms with van der Waals surface area (Å²) < 4.78 is 5.59. The molecule has 21 heavy (non-hydrogen) atoms. The first kappa shape index (κ1) is 13.7. The molecule has 0 atom stereocenters. The second kappa shape index (κ2) is 6.04. The zero-order valence-corrected chi connectivity index (χ0v) is 11.5. The summed E-state index contributed by atoms with van der Waals surface area (Å²) in [4.78, 5) is 28.3. The van der Waals surface area contributed by atoms with Crippen LogP contribution in [0.4, 0.5) is 5.82 Å². The Balaban J connectivity index is 1.58. The van der Waals surface area contributed by atoms with Gasteiger partial charge in [0.2, 0.25) is 0 Å². The number of aromatic nitrogens is 4. The number of carboxylic acid groups (broad SMARTS) is 1. The number of carbonyl (C=O) groups is 1. The smallest absolute Gasteiger partial charge is 0.305 e. The summed E-state index contributed by atoms with van der Waals surface area (Å²) in [6, 6.07) is 0. The summed E-state index contributed by atoms with van der Waals surface area (Å²) in [6.07, 6.45) is 5.04. The van der Waals surface area contributed by atoms with Crippen molar-refractivity contribution in [3.8, 4) is 0 Å². The molecule has 112 valence electrons. The standard InChI is InChI=1S/C13H17N5O3/c19-10(20)3-6-21-9-1-4-18(5-2-9)13-11-12(15-7-14-11)16-8-17-13/h7-9H,1-6H2,(H,19,20)(H,14,15,16,17). The van der Waals surface area contributed by atoms with Gasteiger partial charge in [-0.1, -0.05) is 0 Å². The van der Waals surface area contributed by atoms with E-state index in [2.05, 4.69) is 24.8 Å². The molecule has 1 aliphatic rings. The molecule has 8 nitrogen and oxygen atoms in total. The molecule has 2 aromatic heterocycles. The van der Waals surface area contributed by atoms with Gasteiger partial charge in [-0.2, -0.15) is 0 Å². The number of nitrogens with one attached hydrogen (secondary N) is 1. The van der Waals surface area contributed by atoms with Crippen LogP contribution in [0.15, 0.2) is 12.7 Å². The highest BCUT2D eigenvalue weighted by molar-refractivity contribution is 5.82. The zero-order chi connectivity index (χ0) is 14.7. The molecular weight excluding hydrogens is 274 g/mol. The number of ether oxygens (including phenoxy) is 1. The monoisotopic (exact) mass is 291 g/mol. The highest BCUT2D eigenvalue weighted by Crippen LogP contribution is 2.24. The van der Waals surface area contributed by atoms with Gasteiger partial charge in [0.25, 0.3) is 0 Å². The molecule has 3 rings (SSSR count). The average Bonchev–Trinajstić information content (AvgIpc) is 2.96. The minimum absolute atomic E-state index is 0.0564. The fraction of sp³-hybridized carbons (Fsp3) is 0.538. The van der Waals surface area contributed by atoms with E-state index in [9.17, 15) is 4.79 Å². The lowest BCUT2D eigenvalue weighted by Crippen LogP contribution is -2.37. The van der Waals surface area contributed by atoms with Crippen LogP contribution in [-0.2, 0) is 9.53 Å². The van der Waals surface area contributed by atoms with Crippen LogP contribution >= 0.6 is 0 Å². The lowest BCUT2D eigenvalue weighted by Gasteiger charge is -2.32. The van der Waals surface area contributed by atoms with Crippen molar-refractivity contribution < 1.29 is 14.6 Å². The third-order valence-corrected chi connectivity index (χ3v) is 3.61. The summed E-state index contributed by atoms with van der Waals surface area (Å²) in [5.41, 5.74) is 1.52. The van der Waals surface area contributed by atoms with Gasteiger partial charge in [-0.25, -0.2) is 15.0 Å². The van der Waals surface area contributed by atoms with E-state index in [1.807, 2.05) is 0 Å². The molecular formula is C13H17N5O3. The number of piperidine rings is 1. The highest BCUT2D eigenvalue weighted by Gasteiger charge is 2.22. The van der Waals surface area contributed by atoms with Crippen molar-refractivity contribution in [3.05, 3.63) is 12.7 Å². The molecule has 0 aliphatic carbocycles. The van der Waals surface area contributed by atoms with Gasteiger partial charge < -0.3 is 19.7 Å². The first-order valence-electron chi connectivity index (χ1n) is 6.96.